The molecule has 0 amide bonds. The van der Waals surface area contributed by atoms with Crippen LogP contribution in [0.1, 0.15) is 26.3 Å². The van der Waals surface area contributed by atoms with E-state index >= 15 is 0 Å². The number of halogens is 1. The SMILES string of the molecule is C=C/C(=C\C(=C/C)c1ccc2[nH]nc(-c3cc4c(-c5cccc(F)c5)ccnc4[nH]3)c2c1)NC(C)C. The average molecular weight is 478 g/mol. The first-order chi connectivity index (χ1) is 17.5. The Kier molecular flexibility index (Phi) is 6.25. The number of nitrogens with one attached hydrogen (secondary N) is 3. The molecular weight excluding hydrogens is 449 g/mol. The number of pyridine rings is 1. The second kappa shape index (κ2) is 9.66. The maximum Gasteiger partial charge on any atom is 0.138 e. The number of benzene rings is 2. The van der Waals surface area contributed by atoms with Crippen LogP contribution in [0, 0.1) is 5.82 Å². The van der Waals surface area contributed by atoms with Gasteiger partial charge in [-0.25, -0.2) is 9.37 Å². The predicted octanol–water partition coefficient (Wildman–Crippen LogP) is 7.38. The quantitative estimate of drug-likeness (QED) is 0.214. The molecule has 0 spiro atoms. The van der Waals surface area contributed by atoms with E-state index in [-0.39, 0.29) is 5.82 Å². The predicted molar refractivity (Wildman–Crippen MR) is 147 cm³/mol. The van der Waals surface area contributed by atoms with E-state index in [0.717, 1.165) is 61.3 Å². The lowest BCUT2D eigenvalue weighted by Gasteiger charge is -2.12. The molecule has 0 saturated heterocycles. The van der Waals surface area contributed by atoms with E-state index in [2.05, 4.69) is 70.2 Å². The van der Waals surface area contributed by atoms with Gasteiger partial charge in [0.1, 0.15) is 17.2 Å². The molecule has 0 aliphatic rings. The molecule has 0 fully saturated rings. The van der Waals surface area contributed by atoms with Crippen molar-refractivity contribution in [3.8, 4) is 22.5 Å². The van der Waals surface area contributed by atoms with Crippen molar-refractivity contribution in [1.29, 1.82) is 0 Å². The minimum Gasteiger partial charge on any atom is -0.383 e. The zero-order valence-electron chi connectivity index (χ0n) is 20.6. The molecule has 0 bridgehead atoms. The first-order valence-corrected chi connectivity index (χ1v) is 12.0. The van der Waals surface area contributed by atoms with Crippen LogP contribution in [0.3, 0.4) is 0 Å². The molecule has 2 aromatic carbocycles. The van der Waals surface area contributed by atoms with Gasteiger partial charge in [0.25, 0.3) is 0 Å². The lowest BCUT2D eigenvalue weighted by atomic mass is 10.0. The zero-order valence-corrected chi connectivity index (χ0v) is 20.6. The number of H-pyrrole nitrogens is 2. The smallest absolute Gasteiger partial charge is 0.138 e. The standard InChI is InChI=1S/C30H28FN5/c1-5-19(15-23(6-2)33-18(3)4)20-10-11-27-26(16-20)29(36-35-27)28-17-25-24(12-13-32-30(25)34-28)21-8-7-9-22(31)14-21/h5-18,33H,2H2,1,3-4H3,(H,32,34)(H,35,36)/b19-5+,23-15+. The van der Waals surface area contributed by atoms with Crippen LogP contribution in [0.25, 0.3) is 50.0 Å². The van der Waals surface area contributed by atoms with Crippen molar-refractivity contribution in [3.05, 3.63) is 103 Å². The fourth-order valence-corrected chi connectivity index (χ4v) is 4.45. The average Bonchev–Trinajstić information content (AvgIpc) is 3.49. The molecule has 0 aliphatic carbocycles. The number of hydrogen-bond acceptors (Lipinski definition) is 3. The lowest BCUT2D eigenvalue weighted by molar-refractivity contribution is 0.628. The van der Waals surface area contributed by atoms with E-state index < -0.39 is 0 Å². The molecule has 0 radical (unpaired) electrons. The number of fused-ring (bicyclic) bond motifs is 2. The van der Waals surface area contributed by atoms with Gasteiger partial charge in [-0.1, -0.05) is 30.9 Å². The van der Waals surface area contributed by atoms with Crippen LogP contribution in [0.2, 0.25) is 0 Å². The Morgan fingerprint density at radius 1 is 1.08 bits per heavy atom. The molecule has 5 aromatic rings. The monoisotopic (exact) mass is 477 g/mol. The summed E-state index contributed by atoms with van der Waals surface area (Å²) in [5.41, 5.74) is 8.16. The van der Waals surface area contributed by atoms with Crippen LogP contribution in [-0.2, 0) is 0 Å². The number of rotatable bonds is 7. The summed E-state index contributed by atoms with van der Waals surface area (Å²) in [4.78, 5) is 7.91. The summed E-state index contributed by atoms with van der Waals surface area (Å²) in [5, 5.41) is 13.1. The number of allylic oxidation sites excluding steroid dienone is 4. The van der Waals surface area contributed by atoms with Crippen LogP contribution in [0.5, 0.6) is 0 Å². The summed E-state index contributed by atoms with van der Waals surface area (Å²) in [6, 6.07) is 17.1. The van der Waals surface area contributed by atoms with Gasteiger partial charge < -0.3 is 10.3 Å². The fraction of sp³-hybridized carbons (Fsp3) is 0.133. The summed E-state index contributed by atoms with van der Waals surface area (Å²) in [6.07, 6.45) is 7.76. The van der Waals surface area contributed by atoms with Crippen LogP contribution in [0.15, 0.2) is 91.3 Å². The molecule has 3 heterocycles. The van der Waals surface area contributed by atoms with Crippen molar-refractivity contribution in [2.75, 3.05) is 0 Å². The molecule has 5 nitrogen and oxygen atoms in total. The van der Waals surface area contributed by atoms with Gasteiger partial charge in [-0.3, -0.25) is 5.10 Å². The Hall–Kier alpha value is -4.45. The summed E-state index contributed by atoms with van der Waals surface area (Å²) in [5.74, 6) is -0.268. The minimum atomic E-state index is -0.268. The van der Waals surface area contributed by atoms with Crippen LogP contribution >= 0.6 is 0 Å². The Morgan fingerprint density at radius 3 is 2.69 bits per heavy atom. The van der Waals surface area contributed by atoms with E-state index in [0.29, 0.717) is 6.04 Å². The van der Waals surface area contributed by atoms with E-state index in [4.69, 9.17) is 0 Å². The third-order valence-electron chi connectivity index (χ3n) is 6.12. The number of hydrogen-bond donors (Lipinski definition) is 3. The maximum atomic E-state index is 13.9. The van der Waals surface area contributed by atoms with Crippen LogP contribution in [-0.4, -0.2) is 26.2 Å². The Balaban J connectivity index is 1.59. The molecule has 0 saturated carbocycles. The Bertz CT molecular complexity index is 1630. The fourth-order valence-electron chi connectivity index (χ4n) is 4.45. The Morgan fingerprint density at radius 2 is 1.94 bits per heavy atom. The topological polar surface area (TPSA) is 69.4 Å². The molecular formula is C30H28FN5. The highest BCUT2D eigenvalue weighted by atomic mass is 19.1. The molecule has 180 valence electrons. The maximum absolute atomic E-state index is 13.9. The third-order valence-corrected chi connectivity index (χ3v) is 6.12. The molecule has 3 N–H and O–H groups in total. The summed E-state index contributed by atoms with van der Waals surface area (Å²) < 4.78 is 13.9. The molecule has 0 aliphatic heterocycles. The second-order valence-corrected chi connectivity index (χ2v) is 8.99. The molecule has 0 unspecified atom stereocenters. The number of aromatic amines is 2. The highest BCUT2D eigenvalue weighted by Gasteiger charge is 2.15. The van der Waals surface area contributed by atoms with Crippen molar-refractivity contribution >= 4 is 27.5 Å². The summed E-state index contributed by atoms with van der Waals surface area (Å²) in [7, 11) is 0. The van der Waals surface area contributed by atoms with Crippen molar-refractivity contribution in [2.24, 2.45) is 0 Å². The largest absolute Gasteiger partial charge is 0.383 e. The molecule has 0 atom stereocenters. The molecule has 36 heavy (non-hydrogen) atoms. The second-order valence-electron chi connectivity index (χ2n) is 8.99. The van der Waals surface area contributed by atoms with Crippen LogP contribution < -0.4 is 5.32 Å². The van der Waals surface area contributed by atoms with Gasteiger partial charge >= 0.3 is 0 Å². The minimum absolute atomic E-state index is 0.268. The van der Waals surface area contributed by atoms with Crippen molar-refractivity contribution < 1.29 is 4.39 Å². The van der Waals surface area contributed by atoms with Gasteiger partial charge in [0.05, 0.1) is 11.2 Å². The first kappa shape index (κ1) is 23.3. The van der Waals surface area contributed by atoms with E-state index in [1.807, 2.05) is 37.3 Å². The lowest BCUT2D eigenvalue weighted by Crippen LogP contribution is -2.20. The molecule has 5 rings (SSSR count). The van der Waals surface area contributed by atoms with E-state index in [1.54, 1.807) is 12.3 Å². The van der Waals surface area contributed by atoms with Crippen molar-refractivity contribution in [2.45, 2.75) is 26.8 Å². The van der Waals surface area contributed by atoms with Gasteiger partial charge in [0.2, 0.25) is 0 Å². The third kappa shape index (κ3) is 4.45. The highest BCUT2D eigenvalue weighted by Crippen LogP contribution is 2.34. The summed E-state index contributed by atoms with van der Waals surface area (Å²) >= 11 is 0. The van der Waals surface area contributed by atoms with Gasteiger partial charge in [0, 0.05) is 28.7 Å². The van der Waals surface area contributed by atoms with Crippen molar-refractivity contribution in [1.82, 2.24) is 25.5 Å². The van der Waals surface area contributed by atoms with Crippen LogP contribution in [0.4, 0.5) is 4.39 Å². The van der Waals surface area contributed by atoms with E-state index in [9.17, 15) is 4.39 Å². The number of aromatic nitrogens is 4. The van der Waals surface area contributed by atoms with Gasteiger partial charge in [-0.15, -0.1) is 0 Å². The number of nitrogens with zero attached hydrogens (tertiary/aromatic N) is 2. The first-order valence-electron chi connectivity index (χ1n) is 12.0. The van der Waals surface area contributed by atoms with Gasteiger partial charge in [0.15, 0.2) is 0 Å². The van der Waals surface area contributed by atoms with Gasteiger partial charge in [-0.2, -0.15) is 5.10 Å². The normalized spacial score (nSPS) is 12.6. The Labute approximate surface area is 209 Å². The van der Waals surface area contributed by atoms with Crippen molar-refractivity contribution in [3.63, 3.8) is 0 Å². The van der Waals surface area contributed by atoms with Gasteiger partial charge in [-0.05, 0) is 91.6 Å². The molecule has 3 aromatic heterocycles. The van der Waals surface area contributed by atoms with E-state index in [1.165, 1.54) is 12.1 Å². The highest BCUT2D eigenvalue weighted by molar-refractivity contribution is 6.00. The zero-order chi connectivity index (χ0) is 25.2. The summed E-state index contributed by atoms with van der Waals surface area (Å²) in [6.45, 7) is 10.2. The molecule has 6 heteroatoms.